The van der Waals surface area contributed by atoms with Crippen LogP contribution in [0.25, 0.3) is 56.1 Å². The van der Waals surface area contributed by atoms with Crippen LogP contribution in [0.5, 0.6) is 0 Å². The SMILES string of the molecule is Cc1nc2cc(-c3nc(C#N)ccc3-c3cnn(CCC(C)(C)F)c3)ccn2c1CC(C)(C#N)Cn1cc(-c2ccc(C#N)nc2-c2ccn3ccnc3c2)cn1. The fourth-order valence-corrected chi connectivity index (χ4v) is 7.03. The lowest BCUT2D eigenvalue weighted by atomic mass is 9.86. The van der Waals surface area contributed by atoms with Crippen molar-refractivity contribution >= 4 is 11.3 Å². The van der Waals surface area contributed by atoms with Gasteiger partial charge in [0.05, 0.1) is 47.5 Å². The molecule has 8 aromatic heterocycles. The number of nitrogens with zero attached hydrogens (tertiary/aromatic N) is 13. The topological polar surface area (TPSA) is 167 Å². The molecular weight excluding hydrogens is 718 g/mol. The molecule has 8 heterocycles. The van der Waals surface area contributed by atoms with Crippen LogP contribution in [0.15, 0.2) is 98.1 Å². The molecule has 0 aliphatic carbocycles. The molecule has 0 aromatic carbocycles. The Bertz CT molecular complexity index is 2940. The number of pyridine rings is 4. The van der Waals surface area contributed by atoms with E-state index in [4.69, 9.17) is 4.98 Å². The largest absolute Gasteiger partial charge is 0.307 e. The zero-order valence-corrected chi connectivity index (χ0v) is 31.8. The minimum atomic E-state index is -1.31. The van der Waals surface area contributed by atoms with E-state index >= 15 is 0 Å². The molecule has 0 aliphatic heterocycles. The monoisotopic (exact) mass is 753 g/mol. The van der Waals surface area contributed by atoms with Crippen molar-refractivity contribution in [2.45, 2.75) is 59.3 Å². The lowest BCUT2D eigenvalue weighted by molar-refractivity contribution is 0.190. The van der Waals surface area contributed by atoms with Crippen molar-refractivity contribution in [2.75, 3.05) is 0 Å². The number of imidazole rings is 2. The summed E-state index contributed by atoms with van der Waals surface area (Å²) in [6.07, 6.45) is 15.4. The van der Waals surface area contributed by atoms with E-state index in [1.54, 1.807) is 53.9 Å². The van der Waals surface area contributed by atoms with Gasteiger partial charge in [0.1, 0.15) is 40.5 Å². The molecule has 0 bridgehead atoms. The van der Waals surface area contributed by atoms with Crippen molar-refractivity contribution in [1.82, 2.24) is 48.3 Å². The molecule has 8 aromatic rings. The van der Waals surface area contributed by atoms with Gasteiger partial charge in [-0.1, -0.05) is 0 Å². The van der Waals surface area contributed by atoms with Gasteiger partial charge in [-0.2, -0.15) is 26.0 Å². The molecular formula is C43H36FN13. The quantitative estimate of drug-likeness (QED) is 0.128. The predicted octanol–water partition coefficient (Wildman–Crippen LogP) is 7.80. The van der Waals surface area contributed by atoms with Crippen molar-refractivity contribution in [3.63, 3.8) is 0 Å². The van der Waals surface area contributed by atoms with E-state index in [1.165, 1.54) is 0 Å². The van der Waals surface area contributed by atoms with Gasteiger partial charge < -0.3 is 8.80 Å². The fourth-order valence-electron chi connectivity index (χ4n) is 7.03. The van der Waals surface area contributed by atoms with Gasteiger partial charge in [0, 0.05) is 95.6 Å². The first-order chi connectivity index (χ1) is 27.4. The Morgan fingerprint density at radius 1 is 0.719 bits per heavy atom. The van der Waals surface area contributed by atoms with E-state index in [0.717, 1.165) is 50.4 Å². The number of aryl methyl sites for hydroxylation is 2. The van der Waals surface area contributed by atoms with Crippen LogP contribution in [0, 0.1) is 46.3 Å². The lowest BCUT2D eigenvalue weighted by Gasteiger charge is -2.22. The summed E-state index contributed by atoms with van der Waals surface area (Å²) < 4.78 is 21.6. The molecule has 14 heteroatoms. The van der Waals surface area contributed by atoms with Crippen LogP contribution in [0.3, 0.4) is 0 Å². The van der Waals surface area contributed by atoms with Crippen LogP contribution in [0.1, 0.15) is 50.0 Å². The highest BCUT2D eigenvalue weighted by atomic mass is 19.1. The minimum absolute atomic E-state index is 0.273. The summed E-state index contributed by atoms with van der Waals surface area (Å²) in [5.41, 5.74) is 7.49. The summed E-state index contributed by atoms with van der Waals surface area (Å²) in [6.45, 7) is 7.67. The van der Waals surface area contributed by atoms with Gasteiger partial charge in [0.25, 0.3) is 0 Å². The van der Waals surface area contributed by atoms with Crippen LogP contribution in [0.4, 0.5) is 4.39 Å². The van der Waals surface area contributed by atoms with E-state index in [0.29, 0.717) is 48.7 Å². The van der Waals surface area contributed by atoms with Crippen LogP contribution in [-0.2, 0) is 19.5 Å². The Kier molecular flexibility index (Phi) is 9.15. The number of hydrogen-bond donors (Lipinski definition) is 0. The molecule has 57 heavy (non-hydrogen) atoms. The van der Waals surface area contributed by atoms with Gasteiger partial charge in [0.15, 0.2) is 0 Å². The first-order valence-corrected chi connectivity index (χ1v) is 18.3. The molecule has 280 valence electrons. The Balaban J connectivity index is 1.07. The van der Waals surface area contributed by atoms with Crippen LogP contribution in [0.2, 0.25) is 0 Å². The number of halogens is 1. The molecule has 0 aliphatic rings. The Hall–Kier alpha value is -7.50. The highest BCUT2D eigenvalue weighted by Gasteiger charge is 2.29. The summed E-state index contributed by atoms with van der Waals surface area (Å²) >= 11 is 0. The standard InChI is InChI=1S/C43H36FN13/c1-28-37(57-14-10-30(18-39(57)51-28)41-35(7-5-34(21-46)53-41)31-22-49-55(24-31)15-11-42(2,3)44)19-43(4,26-47)27-56-25-32(23-50-56)36-8-6-33(20-45)52-40(36)29-9-13-54-16-12-48-38(54)17-29/h5-10,12-14,16-18,22-25H,11,15,19,27H2,1-4H3. The third kappa shape index (κ3) is 7.34. The molecule has 0 N–H and O–H groups in total. The second kappa shape index (κ2) is 14.3. The number of aromatic nitrogens is 10. The first kappa shape index (κ1) is 36.5. The van der Waals surface area contributed by atoms with E-state index < -0.39 is 11.1 Å². The highest BCUT2D eigenvalue weighted by molar-refractivity contribution is 5.83. The second-order valence-electron chi connectivity index (χ2n) is 15.0. The van der Waals surface area contributed by atoms with Crippen molar-refractivity contribution in [2.24, 2.45) is 5.41 Å². The number of hydrogen-bond acceptors (Lipinski definition) is 9. The average Bonchev–Trinajstić information content (AvgIpc) is 4.03. The molecule has 0 fully saturated rings. The van der Waals surface area contributed by atoms with Gasteiger partial charge in [-0.25, -0.2) is 24.3 Å². The normalized spacial score (nSPS) is 12.7. The Morgan fingerprint density at radius 3 is 1.96 bits per heavy atom. The molecule has 1 atom stereocenters. The number of fused-ring (bicyclic) bond motifs is 2. The summed E-state index contributed by atoms with van der Waals surface area (Å²) in [5, 5.41) is 39.0. The van der Waals surface area contributed by atoms with Gasteiger partial charge in [0.2, 0.25) is 0 Å². The summed E-state index contributed by atoms with van der Waals surface area (Å²) in [5.74, 6) is 0. The van der Waals surface area contributed by atoms with Gasteiger partial charge in [-0.3, -0.25) is 9.36 Å². The zero-order chi connectivity index (χ0) is 39.9. The molecule has 8 rings (SSSR count). The summed E-state index contributed by atoms with van der Waals surface area (Å²) in [4.78, 5) is 18.6. The van der Waals surface area contributed by atoms with Crippen molar-refractivity contribution < 1.29 is 4.39 Å². The van der Waals surface area contributed by atoms with Crippen LogP contribution >= 0.6 is 0 Å². The molecule has 0 saturated carbocycles. The maximum Gasteiger partial charge on any atom is 0.141 e. The molecule has 0 spiro atoms. The molecule has 0 amide bonds. The minimum Gasteiger partial charge on any atom is -0.307 e. The van der Waals surface area contributed by atoms with Crippen LogP contribution in [-0.4, -0.2) is 54.0 Å². The van der Waals surface area contributed by atoms with Crippen molar-refractivity contribution in [3.05, 3.63) is 121 Å². The van der Waals surface area contributed by atoms with E-state index in [2.05, 4.69) is 43.4 Å². The molecule has 13 nitrogen and oxygen atoms in total. The van der Waals surface area contributed by atoms with Crippen molar-refractivity contribution in [3.8, 4) is 63.0 Å². The van der Waals surface area contributed by atoms with Gasteiger partial charge in [-0.05, 0) is 76.2 Å². The lowest BCUT2D eigenvalue weighted by Crippen LogP contribution is -2.25. The molecule has 1 unspecified atom stereocenters. The molecule has 0 radical (unpaired) electrons. The van der Waals surface area contributed by atoms with Crippen molar-refractivity contribution in [1.29, 1.82) is 15.8 Å². The smallest absolute Gasteiger partial charge is 0.141 e. The highest BCUT2D eigenvalue weighted by Crippen LogP contribution is 2.35. The average molecular weight is 754 g/mol. The van der Waals surface area contributed by atoms with E-state index in [9.17, 15) is 20.2 Å². The second-order valence-corrected chi connectivity index (χ2v) is 15.0. The van der Waals surface area contributed by atoms with Crippen LogP contribution < -0.4 is 0 Å². The maximum atomic E-state index is 14.2. The third-order valence-electron chi connectivity index (χ3n) is 10.1. The van der Waals surface area contributed by atoms with E-state index in [-0.39, 0.29) is 5.69 Å². The molecule has 0 saturated heterocycles. The summed E-state index contributed by atoms with van der Waals surface area (Å²) in [7, 11) is 0. The predicted molar refractivity (Wildman–Crippen MR) is 211 cm³/mol. The third-order valence-corrected chi connectivity index (χ3v) is 10.1. The Morgan fingerprint density at radius 2 is 1.33 bits per heavy atom. The Labute approximate surface area is 327 Å². The number of rotatable bonds is 11. The fraction of sp³-hybridized carbons (Fsp3) is 0.233. The maximum absolute atomic E-state index is 14.2. The van der Waals surface area contributed by atoms with E-state index in [1.807, 2.05) is 90.0 Å². The summed E-state index contributed by atoms with van der Waals surface area (Å²) in [6, 6.07) is 21.6. The first-order valence-electron chi connectivity index (χ1n) is 18.3. The van der Waals surface area contributed by atoms with Gasteiger partial charge >= 0.3 is 0 Å². The number of nitriles is 3. The van der Waals surface area contributed by atoms with Gasteiger partial charge in [-0.15, -0.1) is 0 Å². The zero-order valence-electron chi connectivity index (χ0n) is 31.8. The number of alkyl halides is 1.